The highest BCUT2D eigenvalue weighted by molar-refractivity contribution is 5.66. The fourth-order valence-electron chi connectivity index (χ4n) is 2.39. The van der Waals surface area contributed by atoms with Crippen molar-refractivity contribution in [1.29, 1.82) is 0 Å². The number of nitrogens with zero attached hydrogens (tertiary/aromatic N) is 3. The van der Waals surface area contributed by atoms with E-state index in [1.165, 1.54) is 6.92 Å². The van der Waals surface area contributed by atoms with Gasteiger partial charge in [-0.05, 0) is 13.3 Å². The van der Waals surface area contributed by atoms with Crippen LogP contribution in [0.4, 0.5) is 5.82 Å². The molecule has 0 radical (unpaired) electrons. The first-order valence-electron chi connectivity index (χ1n) is 6.85. The second-order valence-electron chi connectivity index (χ2n) is 4.91. The first-order valence-corrected chi connectivity index (χ1v) is 6.85. The van der Waals surface area contributed by atoms with Gasteiger partial charge in [0.2, 0.25) is 0 Å². The van der Waals surface area contributed by atoms with Crippen LogP contribution in [-0.4, -0.2) is 35.1 Å². The predicted molar refractivity (Wildman–Crippen MR) is 73.1 cm³/mol. The highest BCUT2D eigenvalue weighted by Gasteiger charge is 2.22. The molecular formula is C14H21N3O2. The molecular weight excluding hydrogens is 242 g/mol. The quantitative estimate of drug-likeness (QED) is 0.779. The molecule has 5 heteroatoms. The van der Waals surface area contributed by atoms with Gasteiger partial charge < -0.3 is 9.64 Å². The molecule has 0 N–H and O–H groups in total. The fourth-order valence-corrected chi connectivity index (χ4v) is 2.39. The molecule has 0 aliphatic carbocycles. The number of rotatable bonds is 3. The lowest BCUT2D eigenvalue weighted by molar-refractivity contribution is -0.147. The minimum absolute atomic E-state index is 0.0577. The molecule has 1 fully saturated rings. The summed E-state index contributed by atoms with van der Waals surface area (Å²) in [7, 11) is 0. The van der Waals surface area contributed by atoms with E-state index in [2.05, 4.69) is 27.9 Å². The van der Waals surface area contributed by atoms with Gasteiger partial charge in [-0.3, -0.25) is 4.79 Å². The summed E-state index contributed by atoms with van der Waals surface area (Å²) >= 11 is 0. The van der Waals surface area contributed by atoms with E-state index in [-0.39, 0.29) is 12.1 Å². The summed E-state index contributed by atoms with van der Waals surface area (Å²) in [5.41, 5.74) is 1.07. The van der Waals surface area contributed by atoms with Crippen molar-refractivity contribution in [3.8, 4) is 0 Å². The van der Waals surface area contributed by atoms with Crippen molar-refractivity contribution in [2.45, 2.75) is 46.1 Å². The van der Waals surface area contributed by atoms with Crippen LogP contribution < -0.4 is 4.90 Å². The molecule has 2 rings (SSSR count). The molecule has 1 aliphatic rings. The number of carbonyl (C=O) groups excluding carboxylic acids is 1. The van der Waals surface area contributed by atoms with E-state index in [9.17, 15) is 4.79 Å². The first-order chi connectivity index (χ1) is 9.08. The Labute approximate surface area is 114 Å². The highest BCUT2D eigenvalue weighted by Crippen LogP contribution is 2.20. The molecule has 1 aromatic heterocycles. The summed E-state index contributed by atoms with van der Waals surface area (Å²) in [5.74, 6) is 1.62. The molecule has 0 atom stereocenters. The van der Waals surface area contributed by atoms with Crippen molar-refractivity contribution in [1.82, 2.24) is 9.97 Å². The van der Waals surface area contributed by atoms with Crippen molar-refractivity contribution in [3.05, 3.63) is 17.6 Å². The van der Waals surface area contributed by atoms with Crippen molar-refractivity contribution in [2.75, 3.05) is 18.0 Å². The van der Waals surface area contributed by atoms with Gasteiger partial charge in [0.1, 0.15) is 17.7 Å². The lowest BCUT2D eigenvalue weighted by Crippen LogP contribution is -2.38. The molecule has 0 bridgehead atoms. The van der Waals surface area contributed by atoms with Crippen LogP contribution in [0.2, 0.25) is 0 Å². The number of esters is 1. The second-order valence-corrected chi connectivity index (χ2v) is 4.91. The van der Waals surface area contributed by atoms with Gasteiger partial charge >= 0.3 is 5.97 Å². The maximum absolute atomic E-state index is 10.9. The standard InChI is InChI=1S/C14H21N3O2/c1-4-12-9-14(16-10(2)15-12)17-7-5-13(6-8-17)19-11(3)18/h9,13H,4-8H2,1-3H3. The molecule has 1 aliphatic heterocycles. The van der Waals surface area contributed by atoms with Gasteiger partial charge in [0.15, 0.2) is 0 Å². The largest absolute Gasteiger partial charge is 0.462 e. The van der Waals surface area contributed by atoms with E-state index in [1.807, 2.05) is 6.92 Å². The Morgan fingerprint density at radius 3 is 2.68 bits per heavy atom. The lowest BCUT2D eigenvalue weighted by Gasteiger charge is -2.32. The third-order valence-corrected chi connectivity index (χ3v) is 3.34. The van der Waals surface area contributed by atoms with Crippen molar-refractivity contribution in [3.63, 3.8) is 0 Å². The zero-order chi connectivity index (χ0) is 13.8. The summed E-state index contributed by atoms with van der Waals surface area (Å²) in [6.45, 7) is 7.23. The molecule has 5 nitrogen and oxygen atoms in total. The van der Waals surface area contributed by atoms with E-state index in [1.54, 1.807) is 0 Å². The van der Waals surface area contributed by atoms with Crippen LogP contribution in [0.3, 0.4) is 0 Å². The lowest BCUT2D eigenvalue weighted by atomic mass is 10.1. The minimum Gasteiger partial charge on any atom is -0.462 e. The number of piperidine rings is 1. The van der Waals surface area contributed by atoms with Crippen LogP contribution in [0.1, 0.15) is 38.2 Å². The summed E-state index contributed by atoms with van der Waals surface area (Å²) in [6.07, 6.45) is 2.70. The molecule has 2 heterocycles. The number of hydrogen-bond acceptors (Lipinski definition) is 5. The number of anilines is 1. The van der Waals surface area contributed by atoms with E-state index in [0.29, 0.717) is 0 Å². The van der Waals surface area contributed by atoms with Crippen LogP contribution in [0.15, 0.2) is 6.07 Å². The third-order valence-electron chi connectivity index (χ3n) is 3.34. The SMILES string of the molecule is CCc1cc(N2CCC(OC(C)=O)CC2)nc(C)n1. The number of carbonyl (C=O) groups is 1. The Hall–Kier alpha value is -1.65. The molecule has 0 amide bonds. The zero-order valence-corrected chi connectivity index (χ0v) is 11.8. The summed E-state index contributed by atoms with van der Waals surface area (Å²) < 4.78 is 5.25. The van der Waals surface area contributed by atoms with Gasteiger partial charge in [0, 0.05) is 44.6 Å². The number of ether oxygens (including phenoxy) is 1. The number of aryl methyl sites for hydroxylation is 2. The van der Waals surface area contributed by atoms with Gasteiger partial charge in [-0.1, -0.05) is 6.92 Å². The van der Waals surface area contributed by atoms with Crippen LogP contribution in [0.25, 0.3) is 0 Å². The molecule has 19 heavy (non-hydrogen) atoms. The van der Waals surface area contributed by atoms with Gasteiger partial charge in [-0.25, -0.2) is 9.97 Å². The van der Waals surface area contributed by atoms with Gasteiger partial charge in [-0.2, -0.15) is 0 Å². The van der Waals surface area contributed by atoms with E-state index in [0.717, 1.165) is 49.7 Å². The van der Waals surface area contributed by atoms with E-state index in [4.69, 9.17) is 4.74 Å². The van der Waals surface area contributed by atoms with E-state index < -0.39 is 0 Å². The molecule has 0 aromatic carbocycles. The number of hydrogen-bond donors (Lipinski definition) is 0. The topological polar surface area (TPSA) is 55.3 Å². The maximum Gasteiger partial charge on any atom is 0.302 e. The average Bonchev–Trinajstić information content (AvgIpc) is 2.38. The van der Waals surface area contributed by atoms with Crippen molar-refractivity contribution < 1.29 is 9.53 Å². The maximum atomic E-state index is 10.9. The molecule has 1 saturated heterocycles. The second kappa shape index (κ2) is 5.99. The normalized spacial score (nSPS) is 16.5. The number of aromatic nitrogens is 2. The Bertz CT molecular complexity index is 454. The highest BCUT2D eigenvalue weighted by atomic mass is 16.5. The Kier molecular flexibility index (Phi) is 4.35. The molecule has 104 valence electrons. The fraction of sp³-hybridized carbons (Fsp3) is 0.643. The Morgan fingerprint density at radius 1 is 1.42 bits per heavy atom. The monoisotopic (exact) mass is 263 g/mol. The predicted octanol–water partition coefficient (Wildman–Crippen LogP) is 1.88. The van der Waals surface area contributed by atoms with Gasteiger partial charge in [0.25, 0.3) is 0 Å². The minimum atomic E-state index is -0.190. The van der Waals surface area contributed by atoms with Crippen LogP contribution >= 0.6 is 0 Å². The molecule has 0 saturated carbocycles. The first kappa shape index (κ1) is 13.8. The summed E-state index contributed by atoms with van der Waals surface area (Å²) in [6, 6.07) is 2.05. The van der Waals surface area contributed by atoms with Crippen LogP contribution in [-0.2, 0) is 16.0 Å². The third kappa shape index (κ3) is 3.66. The van der Waals surface area contributed by atoms with Gasteiger partial charge in [0.05, 0.1) is 0 Å². The van der Waals surface area contributed by atoms with Crippen LogP contribution in [0.5, 0.6) is 0 Å². The average molecular weight is 263 g/mol. The van der Waals surface area contributed by atoms with Crippen LogP contribution in [0, 0.1) is 6.92 Å². The van der Waals surface area contributed by atoms with Crippen molar-refractivity contribution in [2.24, 2.45) is 0 Å². The Morgan fingerprint density at radius 2 is 2.11 bits per heavy atom. The molecule has 1 aromatic rings. The Balaban J connectivity index is 2.01. The van der Waals surface area contributed by atoms with Gasteiger partial charge in [-0.15, -0.1) is 0 Å². The zero-order valence-electron chi connectivity index (χ0n) is 11.8. The molecule has 0 spiro atoms. The molecule has 0 unspecified atom stereocenters. The smallest absolute Gasteiger partial charge is 0.302 e. The van der Waals surface area contributed by atoms with E-state index >= 15 is 0 Å². The summed E-state index contributed by atoms with van der Waals surface area (Å²) in [5, 5.41) is 0. The van der Waals surface area contributed by atoms with Crippen molar-refractivity contribution >= 4 is 11.8 Å². The summed E-state index contributed by atoms with van der Waals surface area (Å²) in [4.78, 5) is 22.1.